The van der Waals surface area contributed by atoms with Crippen LogP contribution in [0.25, 0.3) is 0 Å². The van der Waals surface area contributed by atoms with Crippen molar-refractivity contribution < 1.29 is 9.53 Å². The number of nitrogens with two attached hydrogens (primary N) is 1. The molecule has 2 rings (SSSR count). The third-order valence-corrected chi connectivity index (χ3v) is 4.24. The summed E-state index contributed by atoms with van der Waals surface area (Å²) in [7, 11) is 0. The molecule has 5 heteroatoms. The van der Waals surface area contributed by atoms with Gasteiger partial charge < -0.3 is 15.4 Å². The van der Waals surface area contributed by atoms with E-state index in [1.54, 1.807) is 0 Å². The van der Waals surface area contributed by atoms with Crippen molar-refractivity contribution >= 4 is 21.8 Å². The number of carbonyl (C=O) groups excluding carboxylic acids is 1. The normalized spacial score (nSPS) is 17.6. The molecular weight excluding hydrogens is 332 g/mol. The molecule has 0 aliphatic carbocycles. The zero-order valence-corrected chi connectivity index (χ0v) is 14.2. The summed E-state index contributed by atoms with van der Waals surface area (Å²) in [5.41, 5.74) is 6.96. The third-order valence-electron chi connectivity index (χ3n) is 3.62. The molecule has 2 unspecified atom stereocenters. The van der Waals surface area contributed by atoms with Gasteiger partial charge >= 0.3 is 0 Å². The molecule has 1 aliphatic heterocycles. The van der Waals surface area contributed by atoms with E-state index in [2.05, 4.69) is 15.9 Å². The minimum absolute atomic E-state index is 0.0686. The molecule has 0 aromatic heterocycles. The van der Waals surface area contributed by atoms with Gasteiger partial charge in [-0.15, -0.1) is 0 Å². The molecule has 116 valence electrons. The third kappa shape index (κ3) is 4.45. The van der Waals surface area contributed by atoms with E-state index in [9.17, 15) is 4.79 Å². The molecule has 21 heavy (non-hydrogen) atoms. The van der Waals surface area contributed by atoms with Gasteiger partial charge in [0, 0.05) is 19.1 Å². The molecular formula is C16H23BrN2O2. The Labute approximate surface area is 134 Å². The van der Waals surface area contributed by atoms with Gasteiger partial charge in [-0.1, -0.05) is 6.07 Å². The fourth-order valence-electron chi connectivity index (χ4n) is 2.57. The molecule has 2 N–H and O–H groups in total. The van der Waals surface area contributed by atoms with E-state index in [1.807, 2.05) is 36.9 Å². The van der Waals surface area contributed by atoms with Gasteiger partial charge in [-0.25, -0.2) is 0 Å². The van der Waals surface area contributed by atoms with Crippen molar-refractivity contribution in [3.63, 3.8) is 0 Å². The topological polar surface area (TPSA) is 55.6 Å². The van der Waals surface area contributed by atoms with Gasteiger partial charge in [0.25, 0.3) is 5.91 Å². The summed E-state index contributed by atoms with van der Waals surface area (Å²) in [5, 5.41) is 0. The summed E-state index contributed by atoms with van der Waals surface area (Å²) in [4.78, 5) is 14.1. The molecule has 1 aromatic carbocycles. The van der Waals surface area contributed by atoms with Crippen LogP contribution in [-0.2, 0) is 11.2 Å². The number of halogens is 1. The summed E-state index contributed by atoms with van der Waals surface area (Å²) < 4.78 is 6.67. The summed E-state index contributed by atoms with van der Waals surface area (Å²) in [6, 6.07) is 6.02. The molecule has 1 saturated heterocycles. The maximum absolute atomic E-state index is 12.2. The number of amides is 1. The standard InChI is InChI=1S/C16H23BrN2O2/c1-11(18)9-13-5-6-15(14(17)10-13)21-12(2)16(20)19-7-3-4-8-19/h5-6,10-12H,3-4,7-9,18H2,1-2H3. The van der Waals surface area contributed by atoms with Gasteiger partial charge in [-0.05, 0) is 66.7 Å². The quantitative estimate of drug-likeness (QED) is 0.884. The largest absolute Gasteiger partial charge is 0.480 e. The van der Waals surface area contributed by atoms with Crippen molar-refractivity contribution in [2.24, 2.45) is 5.73 Å². The highest BCUT2D eigenvalue weighted by molar-refractivity contribution is 9.10. The Balaban J connectivity index is 2.00. The first-order valence-corrected chi connectivity index (χ1v) is 8.26. The number of rotatable bonds is 5. The molecule has 4 nitrogen and oxygen atoms in total. The number of carbonyl (C=O) groups is 1. The van der Waals surface area contributed by atoms with Gasteiger partial charge in [-0.2, -0.15) is 0 Å². The van der Waals surface area contributed by atoms with Gasteiger partial charge in [0.1, 0.15) is 5.75 Å². The van der Waals surface area contributed by atoms with Crippen LogP contribution in [0.3, 0.4) is 0 Å². The molecule has 0 bridgehead atoms. The fraction of sp³-hybridized carbons (Fsp3) is 0.562. The van der Waals surface area contributed by atoms with Crippen molar-refractivity contribution in [2.45, 2.75) is 45.3 Å². The number of ether oxygens (including phenoxy) is 1. The molecule has 1 fully saturated rings. The van der Waals surface area contributed by atoms with E-state index >= 15 is 0 Å². The number of nitrogens with zero attached hydrogens (tertiary/aromatic N) is 1. The molecule has 1 amide bonds. The number of benzene rings is 1. The number of hydrogen-bond donors (Lipinski definition) is 1. The van der Waals surface area contributed by atoms with E-state index < -0.39 is 6.10 Å². The second kappa shape index (κ2) is 7.27. The second-order valence-corrected chi connectivity index (χ2v) is 6.59. The Hall–Kier alpha value is -1.07. The predicted molar refractivity (Wildman–Crippen MR) is 87.4 cm³/mol. The molecule has 0 spiro atoms. The molecule has 2 atom stereocenters. The number of likely N-dealkylation sites (tertiary alicyclic amines) is 1. The summed E-state index contributed by atoms with van der Waals surface area (Å²) in [6.07, 6.45) is 2.54. The Morgan fingerprint density at radius 3 is 2.62 bits per heavy atom. The minimum atomic E-state index is -0.460. The van der Waals surface area contributed by atoms with Gasteiger partial charge in [0.15, 0.2) is 6.10 Å². The highest BCUT2D eigenvalue weighted by Gasteiger charge is 2.24. The zero-order valence-electron chi connectivity index (χ0n) is 12.6. The first-order valence-electron chi connectivity index (χ1n) is 7.47. The summed E-state index contributed by atoms with van der Waals surface area (Å²) in [5.74, 6) is 0.766. The SMILES string of the molecule is CC(N)Cc1ccc(OC(C)C(=O)N2CCCC2)c(Br)c1. The van der Waals surface area contributed by atoms with E-state index in [4.69, 9.17) is 10.5 Å². The monoisotopic (exact) mass is 354 g/mol. The maximum atomic E-state index is 12.2. The van der Waals surface area contributed by atoms with Crippen molar-refractivity contribution in [3.05, 3.63) is 28.2 Å². The molecule has 1 heterocycles. The van der Waals surface area contributed by atoms with Gasteiger partial charge in [-0.3, -0.25) is 4.79 Å². The maximum Gasteiger partial charge on any atom is 0.263 e. The highest BCUT2D eigenvalue weighted by atomic mass is 79.9. The van der Waals surface area contributed by atoms with E-state index in [-0.39, 0.29) is 11.9 Å². The van der Waals surface area contributed by atoms with Crippen LogP contribution in [0.4, 0.5) is 0 Å². The molecule has 0 saturated carbocycles. The van der Waals surface area contributed by atoms with Crippen LogP contribution in [0.5, 0.6) is 5.75 Å². The van der Waals surface area contributed by atoms with Crippen molar-refractivity contribution in [2.75, 3.05) is 13.1 Å². The Bertz CT molecular complexity index is 499. The average Bonchev–Trinajstić information content (AvgIpc) is 2.94. The lowest BCUT2D eigenvalue weighted by Crippen LogP contribution is -2.38. The van der Waals surface area contributed by atoms with E-state index in [0.717, 1.165) is 42.4 Å². The lowest BCUT2D eigenvalue weighted by Gasteiger charge is -2.22. The van der Waals surface area contributed by atoms with Crippen LogP contribution in [0.2, 0.25) is 0 Å². The minimum Gasteiger partial charge on any atom is -0.480 e. The molecule has 1 aromatic rings. The first kappa shape index (κ1) is 16.3. The summed E-state index contributed by atoms with van der Waals surface area (Å²) in [6.45, 7) is 5.49. The van der Waals surface area contributed by atoms with Crippen molar-refractivity contribution in [3.8, 4) is 5.75 Å². The first-order chi connectivity index (χ1) is 9.97. The highest BCUT2D eigenvalue weighted by Crippen LogP contribution is 2.28. The fourth-order valence-corrected chi connectivity index (χ4v) is 3.09. The van der Waals surface area contributed by atoms with Crippen molar-refractivity contribution in [1.82, 2.24) is 4.90 Å². The van der Waals surface area contributed by atoms with Gasteiger partial charge in [0.2, 0.25) is 0 Å². The van der Waals surface area contributed by atoms with Crippen LogP contribution >= 0.6 is 15.9 Å². The Morgan fingerprint density at radius 2 is 2.05 bits per heavy atom. The number of hydrogen-bond acceptors (Lipinski definition) is 3. The van der Waals surface area contributed by atoms with Crippen LogP contribution in [0.15, 0.2) is 22.7 Å². The lowest BCUT2D eigenvalue weighted by atomic mass is 10.1. The Morgan fingerprint density at radius 1 is 1.38 bits per heavy atom. The van der Waals surface area contributed by atoms with Crippen molar-refractivity contribution in [1.29, 1.82) is 0 Å². The average molecular weight is 355 g/mol. The predicted octanol–water partition coefficient (Wildman–Crippen LogP) is 2.73. The molecule has 0 radical (unpaired) electrons. The van der Waals surface area contributed by atoms with E-state index in [1.165, 1.54) is 0 Å². The van der Waals surface area contributed by atoms with Crippen LogP contribution in [0, 0.1) is 0 Å². The smallest absolute Gasteiger partial charge is 0.263 e. The lowest BCUT2D eigenvalue weighted by molar-refractivity contribution is -0.136. The van der Waals surface area contributed by atoms with Crippen LogP contribution < -0.4 is 10.5 Å². The Kier molecular flexibility index (Phi) is 5.65. The molecule has 1 aliphatic rings. The van der Waals surface area contributed by atoms with E-state index in [0.29, 0.717) is 5.75 Å². The summed E-state index contributed by atoms with van der Waals surface area (Å²) >= 11 is 3.51. The van der Waals surface area contributed by atoms with Crippen LogP contribution in [-0.4, -0.2) is 36.0 Å². The van der Waals surface area contributed by atoms with Gasteiger partial charge in [0.05, 0.1) is 4.47 Å². The zero-order chi connectivity index (χ0) is 15.4. The second-order valence-electron chi connectivity index (χ2n) is 5.74. The van der Waals surface area contributed by atoms with Crippen LogP contribution in [0.1, 0.15) is 32.3 Å².